The molecule has 28 heavy (non-hydrogen) atoms. The summed E-state index contributed by atoms with van der Waals surface area (Å²) in [6.45, 7) is 4.65. The van der Waals surface area contributed by atoms with Gasteiger partial charge >= 0.3 is 0 Å². The molecule has 0 unspecified atom stereocenters. The molecule has 6 nitrogen and oxygen atoms in total. The number of carbonyl (C=O) groups excluding carboxylic acids is 1. The summed E-state index contributed by atoms with van der Waals surface area (Å²) in [6.07, 6.45) is 4.24. The van der Waals surface area contributed by atoms with Crippen LogP contribution in [0.3, 0.4) is 0 Å². The third kappa shape index (κ3) is 5.13. The topological polar surface area (TPSA) is 76.9 Å². The van der Waals surface area contributed by atoms with Gasteiger partial charge in [0.1, 0.15) is 0 Å². The van der Waals surface area contributed by atoms with Gasteiger partial charge in [-0.15, -0.1) is 0 Å². The lowest BCUT2D eigenvalue weighted by Crippen LogP contribution is -2.23. The molecule has 0 bridgehead atoms. The first-order chi connectivity index (χ1) is 13.5. The molecule has 0 saturated carbocycles. The van der Waals surface area contributed by atoms with Gasteiger partial charge in [-0.25, -0.2) is 4.68 Å². The fourth-order valence-electron chi connectivity index (χ4n) is 2.84. The second-order valence-electron chi connectivity index (χ2n) is 6.95. The van der Waals surface area contributed by atoms with Crippen molar-refractivity contribution >= 4 is 11.6 Å². The largest absolute Gasteiger partial charge is 0.326 e. The van der Waals surface area contributed by atoms with Crippen molar-refractivity contribution in [2.75, 3.05) is 5.32 Å². The van der Waals surface area contributed by atoms with Crippen LogP contribution in [0.2, 0.25) is 0 Å². The molecule has 0 saturated heterocycles. The fraction of sp³-hybridized carbons (Fsp3) is 0.273. The van der Waals surface area contributed by atoms with Crippen LogP contribution in [0.1, 0.15) is 38.2 Å². The summed E-state index contributed by atoms with van der Waals surface area (Å²) < 4.78 is 1.40. The van der Waals surface area contributed by atoms with Gasteiger partial charge in [0.15, 0.2) is 0 Å². The minimum atomic E-state index is -0.183. The van der Waals surface area contributed by atoms with Crippen molar-refractivity contribution in [2.45, 2.75) is 39.2 Å². The Bertz CT molecular complexity index is 979. The van der Waals surface area contributed by atoms with Crippen LogP contribution >= 0.6 is 0 Å². The smallest absolute Gasteiger partial charge is 0.266 e. The summed E-state index contributed by atoms with van der Waals surface area (Å²) in [5.41, 5.74) is 3.36. The third-order valence-electron chi connectivity index (χ3n) is 4.46. The van der Waals surface area contributed by atoms with Crippen molar-refractivity contribution in [1.29, 1.82) is 0 Å². The highest BCUT2D eigenvalue weighted by atomic mass is 16.1. The lowest BCUT2D eigenvalue weighted by atomic mass is 10.0. The van der Waals surface area contributed by atoms with E-state index in [-0.39, 0.29) is 11.5 Å². The van der Waals surface area contributed by atoms with Gasteiger partial charge in [-0.3, -0.25) is 14.6 Å². The first-order valence-electron chi connectivity index (χ1n) is 9.41. The van der Waals surface area contributed by atoms with Gasteiger partial charge in [-0.05, 0) is 48.2 Å². The molecule has 1 N–H and O–H groups in total. The molecule has 2 heterocycles. The number of anilines is 1. The third-order valence-corrected chi connectivity index (χ3v) is 4.46. The molecule has 144 valence electrons. The second-order valence-corrected chi connectivity index (χ2v) is 6.95. The van der Waals surface area contributed by atoms with Crippen LogP contribution in [0.15, 0.2) is 65.7 Å². The van der Waals surface area contributed by atoms with Crippen LogP contribution in [0.25, 0.3) is 11.3 Å². The molecule has 1 amide bonds. The Labute approximate surface area is 164 Å². The molecular weight excluding hydrogens is 352 g/mol. The Morgan fingerprint density at radius 1 is 1.11 bits per heavy atom. The molecule has 0 fully saturated rings. The monoisotopic (exact) mass is 376 g/mol. The first-order valence-corrected chi connectivity index (χ1v) is 9.41. The predicted octanol–water partition coefficient (Wildman–Crippen LogP) is 3.85. The SMILES string of the molecule is CC(C)c1ccc(NC(=O)CCCn2nc(-c3cccnc3)ccc2=O)cc1. The number of aromatic nitrogens is 3. The highest BCUT2D eigenvalue weighted by Gasteiger charge is 2.07. The average Bonchev–Trinajstić information content (AvgIpc) is 2.70. The summed E-state index contributed by atoms with van der Waals surface area (Å²) in [5.74, 6) is 0.381. The van der Waals surface area contributed by atoms with Gasteiger partial charge in [-0.1, -0.05) is 26.0 Å². The van der Waals surface area contributed by atoms with Crippen molar-refractivity contribution in [2.24, 2.45) is 0 Å². The van der Waals surface area contributed by atoms with Crippen LogP contribution in [-0.2, 0) is 11.3 Å². The van der Waals surface area contributed by atoms with Crippen molar-refractivity contribution in [3.05, 3.63) is 76.8 Å². The highest BCUT2D eigenvalue weighted by Crippen LogP contribution is 2.17. The van der Waals surface area contributed by atoms with Crippen LogP contribution in [0.4, 0.5) is 5.69 Å². The average molecular weight is 376 g/mol. The van der Waals surface area contributed by atoms with Crippen LogP contribution in [0, 0.1) is 0 Å². The molecule has 3 rings (SSSR count). The summed E-state index contributed by atoms with van der Waals surface area (Å²) in [7, 11) is 0. The Balaban J connectivity index is 1.56. The summed E-state index contributed by atoms with van der Waals surface area (Å²) in [6, 6.07) is 14.8. The Morgan fingerprint density at radius 2 is 1.89 bits per heavy atom. The van der Waals surface area contributed by atoms with Gasteiger partial charge in [0.05, 0.1) is 5.69 Å². The predicted molar refractivity (Wildman–Crippen MR) is 110 cm³/mol. The fourth-order valence-corrected chi connectivity index (χ4v) is 2.84. The van der Waals surface area contributed by atoms with Gasteiger partial charge in [0, 0.05) is 42.7 Å². The van der Waals surface area contributed by atoms with Gasteiger partial charge in [0.25, 0.3) is 5.56 Å². The van der Waals surface area contributed by atoms with E-state index in [1.165, 1.54) is 16.3 Å². The standard InChI is InChI=1S/C22H24N4O2/c1-16(2)17-7-9-19(10-8-17)24-21(27)6-4-14-26-22(28)12-11-20(25-26)18-5-3-13-23-15-18/h3,5,7-13,15-16H,4,6,14H2,1-2H3,(H,24,27). The van der Waals surface area contributed by atoms with Crippen LogP contribution in [-0.4, -0.2) is 20.7 Å². The highest BCUT2D eigenvalue weighted by molar-refractivity contribution is 5.90. The number of benzene rings is 1. The molecule has 6 heteroatoms. The van der Waals surface area contributed by atoms with Crippen molar-refractivity contribution in [3.63, 3.8) is 0 Å². The van der Waals surface area contributed by atoms with E-state index in [1.807, 2.05) is 36.4 Å². The molecular formula is C22H24N4O2. The maximum absolute atomic E-state index is 12.2. The molecule has 0 aliphatic heterocycles. The summed E-state index contributed by atoms with van der Waals surface area (Å²) in [5, 5.41) is 7.27. The molecule has 0 radical (unpaired) electrons. The van der Waals surface area contributed by atoms with E-state index in [0.29, 0.717) is 31.0 Å². The van der Waals surface area contributed by atoms with E-state index in [9.17, 15) is 9.59 Å². The van der Waals surface area contributed by atoms with E-state index in [2.05, 4.69) is 29.2 Å². The number of aryl methyl sites for hydroxylation is 1. The Kier molecular flexibility index (Phi) is 6.32. The van der Waals surface area contributed by atoms with Crippen molar-refractivity contribution < 1.29 is 4.79 Å². The molecule has 0 aliphatic carbocycles. The summed E-state index contributed by atoms with van der Waals surface area (Å²) in [4.78, 5) is 28.3. The second kappa shape index (κ2) is 9.08. The van der Waals surface area contributed by atoms with Gasteiger partial charge in [0.2, 0.25) is 5.91 Å². The molecule has 2 aromatic heterocycles. The maximum atomic E-state index is 12.2. The normalized spacial score (nSPS) is 10.8. The van der Waals surface area contributed by atoms with E-state index in [1.54, 1.807) is 18.5 Å². The van der Waals surface area contributed by atoms with E-state index in [4.69, 9.17) is 0 Å². The quantitative estimate of drug-likeness (QED) is 0.679. The van der Waals surface area contributed by atoms with E-state index < -0.39 is 0 Å². The maximum Gasteiger partial charge on any atom is 0.266 e. The molecule has 0 aliphatic rings. The number of amides is 1. The van der Waals surface area contributed by atoms with Crippen LogP contribution < -0.4 is 10.9 Å². The number of hydrogen-bond acceptors (Lipinski definition) is 4. The van der Waals surface area contributed by atoms with Crippen LogP contribution in [0.5, 0.6) is 0 Å². The van der Waals surface area contributed by atoms with Gasteiger partial charge < -0.3 is 5.32 Å². The van der Waals surface area contributed by atoms with Crippen molar-refractivity contribution in [1.82, 2.24) is 14.8 Å². The minimum Gasteiger partial charge on any atom is -0.326 e. The van der Waals surface area contributed by atoms with E-state index >= 15 is 0 Å². The zero-order valence-corrected chi connectivity index (χ0v) is 16.1. The Morgan fingerprint density at radius 3 is 2.57 bits per heavy atom. The summed E-state index contributed by atoms with van der Waals surface area (Å²) >= 11 is 0. The number of nitrogens with zero attached hydrogens (tertiary/aromatic N) is 3. The Hall–Kier alpha value is -3.28. The molecule has 0 atom stereocenters. The lowest BCUT2D eigenvalue weighted by molar-refractivity contribution is -0.116. The van der Waals surface area contributed by atoms with E-state index in [0.717, 1.165) is 11.3 Å². The minimum absolute atomic E-state index is 0.0752. The number of nitrogens with one attached hydrogen (secondary N) is 1. The first kappa shape index (κ1) is 19.5. The zero-order valence-electron chi connectivity index (χ0n) is 16.1. The lowest BCUT2D eigenvalue weighted by Gasteiger charge is -2.09. The number of carbonyl (C=O) groups is 1. The number of hydrogen-bond donors (Lipinski definition) is 1. The van der Waals surface area contributed by atoms with Gasteiger partial charge in [-0.2, -0.15) is 5.10 Å². The van der Waals surface area contributed by atoms with Crippen molar-refractivity contribution in [3.8, 4) is 11.3 Å². The molecule has 1 aromatic carbocycles. The molecule has 0 spiro atoms. The number of rotatable bonds is 7. The molecule has 3 aromatic rings. The zero-order chi connectivity index (χ0) is 19.9. The number of pyridine rings is 1.